The molecular weight excluding hydrogens is 505 g/mol. The first kappa shape index (κ1) is 24.7. The maximum Gasteiger partial charge on any atom is 0.193 e. The SMILES string of the molecule is CN=C(NCC1(N2CCCCC2)CCN(C)CC1)N1CCN(Cc2ccon2)CC1.I. The molecule has 4 rings (SSSR count). The van der Waals surface area contributed by atoms with Gasteiger partial charge in [-0.05, 0) is 58.9 Å². The fourth-order valence-corrected chi connectivity index (χ4v) is 5.25. The first-order valence-corrected chi connectivity index (χ1v) is 11.7. The van der Waals surface area contributed by atoms with Crippen LogP contribution in [0.2, 0.25) is 0 Å². The summed E-state index contributed by atoms with van der Waals surface area (Å²) in [4.78, 5) is 14.8. The van der Waals surface area contributed by atoms with Gasteiger partial charge in [-0.2, -0.15) is 0 Å². The van der Waals surface area contributed by atoms with E-state index in [1.54, 1.807) is 6.26 Å². The molecule has 8 nitrogen and oxygen atoms in total. The van der Waals surface area contributed by atoms with Crippen LogP contribution in [-0.4, -0.2) is 109 Å². The summed E-state index contributed by atoms with van der Waals surface area (Å²) in [5.74, 6) is 1.06. The number of guanidine groups is 1. The summed E-state index contributed by atoms with van der Waals surface area (Å²) >= 11 is 0. The van der Waals surface area contributed by atoms with Crippen molar-refractivity contribution < 1.29 is 4.52 Å². The normalized spacial score (nSPS) is 24.1. The van der Waals surface area contributed by atoms with E-state index in [-0.39, 0.29) is 29.5 Å². The summed E-state index contributed by atoms with van der Waals surface area (Å²) in [6, 6.07) is 1.95. The van der Waals surface area contributed by atoms with Crippen molar-refractivity contribution in [3.63, 3.8) is 0 Å². The van der Waals surface area contributed by atoms with Gasteiger partial charge in [-0.3, -0.25) is 14.8 Å². The van der Waals surface area contributed by atoms with Crippen molar-refractivity contribution in [1.29, 1.82) is 0 Å². The van der Waals surface area contributed by atoms with Crippen LogP contribution in [0.15, 0.2) is 21.8 Å². The van der Waals surface area contributed by atoms with Crippen molar-refractivity contribution in [2.75, 3.05) is 73.0 Å². The van der Waals surface area contributed by atoms with Gasteiger partial charge in [0, 0.05) is 57.9 Å². The third kappa shape index (κ3) is 6.33. The smallest absolute Gasteiger partial charge is 0.193 e. The van der Waals surface area contributed by atoms with Gasteiger partial charge in [0.1, 0.15) is 6.26 Å². The monoisotopic (exact) mass is 545 g/mol. The summed E-state index contributed by atoms with van der Waals surface area (Å²) in [6.45, 7) is 10.8. The molecule has 176 valence electrons. The van der Waals surface area contributed by atoms with Gasteiger partial charge in [0.25, 0.3) is 0 Å². The molecule has 0 atom stereocenters. The van der Waals surface area contributed by atoms with Crippen LogP contribution >= 0.6 is 24.0 Å². The van der Waals surface area contributed by atoms with E-state index >= 15 is 0 Å². The second-order valence-electron chi connectivity index (χ2n) is 9.23. The molecule has 3 aliphatic heterocycles. The fraction of sp³-hybridized carbons (Fsp3) is 0.818. The molecule has 1 aromatic heterocycles. The molecule has 0 saturated carbocycles. The van der Waals surface area contributed by atoms with Gasteiger partial charge in [-0.1, -0.05) is 11.6 Å². The Balaban J connectivity index is 0.00000272. The molecule has 3 fully saturated rings. The maximum atomic E-state index is 4.97. The highest BCUT2D eigenvalue weighted by atomic mass is 127. The van der Waals surface area contributed by atoms with Crippen LogP contribution in [0.4, 0.5) is 0 Å². The summed E-state index contributed by atoms with van der Waals surface area (Å²) in [7, 11) is 4.18. The number of aliphatic imine (C=N–C) groups is 1. The number of rotatable bonds is 5. The lowest BCUT2D eigenvalue weighted by molar-refractivity contribution is 0.0167. The summed E-state index contributed by atoms with van der Waals surface area (Å²) in [5.41, 5.74) is 1.29. The van der Waals surface area contributed by atoms with Gasteiger partial charge in [-0.25, -0.2) is 0 Å². The van der Waals surface area contributed by atoms with Crippen LogP contribution in [0.1, 0.15) is 37.8 Å². The third-order valence-corrected chi connectivity index (χ3v) is 7.28. The van der Waals surface area contributed by atoms with Crippen molar-refractivity contribution in [1.82, 2.24) is 30.1 Å². The number of aromatic nitrogens is 1. The number of hydrogen-bond donors (Lipinski definition) is 1. The van der Waals surface area contributed by atoms with E-state index in [2.05, 4.69) is 42.1 Å². The largest absolute Gasteiger partial charge is 0.364 e. The summed E-state index contributed by atoms with van der Waals surface area (Å²) < 4.78 is 4.97. The van der Waals surface area contributed by atoms with Gasteiger partial charge >= 0.3 is 0 Å². The number of halogens is 1. The molecule has 9 heteroatoms. The molecule has 1 aromatic rings. The average molecular weight is 546 g/mol. The molecule has 0 unspecified atom stereocenters. The molecule has 0 radical (unpaired) electrons. The fourth-order valence-electron chi connectivity index (χ4n) is 5.25. The summed E-state index contributed by atoms with van der Waals surface area (Å²) in [5, 5.41) is 7.84. The minimum absolute atomic E-state index is 0. The molecule has 0 spiro atoms. The van der Waals surface area contributed by atoms with Crippen LogP contribution in [0.25, 0.3) is 0 Å². The zero-order valence-electron chi connectivity index (χ0n) is 19.3. The van der Waals surface area contributed by atoms with E-state index in [1.807, 2.05) is 13.1 Å². The highest BCUT2D eigenvalue weighted by Gasteiger charge is 2.40. The number of nitrogens with zero attached hydrogens (tertiary/aromatic N) is 6. The molecule has 0 amide bonds. The van der Waals surface area contributed by atoms with E-state index in [1.165, 1.54) is 58.3 Å². The summed E-state index contributed by atoms with van der Waals surface area (Å²) in [6.07, 6.45) is 8.23. The Kier molecular flexibility index (Phi) is 9.42. The van der Waals surface area contributed by atoms with E-state index in [9.17, 15) is 0 Å². The van der Waals surface area contributed by atoms with Gasteiger partial charge in [0.05, 0.1) is 5.69 Å². The van der Waals surface area contributed by atoms with Crippen LogP contribution in [0.3, 0.4) is 0 Å². The van der Waals surface area contributed by atoms with Crippen LogP contribution in [0.5, 0.6) is 0 Å². The Morgan fingerprint density at radius 1 is 1.06 bits per heavy atom. The van der Waals surface area contributed by atoms with Gasteiger partial charge in [0.15, 0.2) is 5.96 Å². The maximum absolute atomic E-state index is 4.97. The molecular formula is C22H40IN7O. The van der Waals surface area contributed by atoms with Gasteiger partial charge in [-0.15, -0.1) is 24.0 Å². The van der Waals surface area contributed by atoms with Crippen molar-refractivity contribution in [2.24, 2.45) is 4.99 Å². The van der Waals surface area contributed by atoms with Crippen molar-refractivity contribution in [2.45, 2.75) is 44.2 Å². The van der Waals surface area contributed by atoms with E-state index < -0.39 is 0 Å². The van der Waals surface area contributed by atoms with E-state index in [4.69, 9.17) is 4.52 Å². The number of piperazine rings is 1. The predicted molar refractivity (Wildman–Crippen MR) is 135 cm³/mol. The van der Waals surface area contributed by atoms with Gasteiger partial charge < -0.3 is 19.6 Å². The molecule has 4 heterocycles. The first-order chi connectivity index (χ1) is 14.7. The van der Waals surface area contributed by atoms with Gasteiger partial charge in [0.2, 0.25) is 0 Å². The Morgan fingerprint density at radius 2 is 1.77 bits per heavy atom. The molecule has 3 saturated heterocycles. The second kappa shape index (κ2) is 11.8. The number of likely N-dealkylation sites (tertiary alicyclic amines) is 2. The minimum atomic E-state index is 0. The Bertz CT molecular complexity index is 661. The second-order valence-corrected chi connectivity index (χ2v) is 9.23. The van der Waals surface area contributed by atoms with E-state index in [0.717, 1.165) is 50.9 Å². The first-order valence-electron chi connectivity index (χ1n) is 11.7. The molecule has 3 aliphatic rings. The van der Waals surface area contributed by atoms with Crippen molar-refractivity contribution in [3.8, 4) is 0 Å². The predicted octanol–water partition coefficient (Wildman–Crippen LogP) is 1.94. The van der Waals surface area contributed by atoms with Crippen LogP contribution in [0, 0.1) is 0 Å². The average Bonchev–Trinajstić information content (AvgIpc) is 3.30. The quantitative estimate of drug-likeness (QED) is 0.345. The minimum Gasteiger partial charge on any atom is -0.364 e. The Labute approximate surface area is 204 Å². The highest BCUT2D eigenvalue weighted by Crippen LogP contribution is 2.31. The number of hydrogen-bond acceptors (Lipinski definition) is 6. The molecule has 0 aliphatic carbocycles. The molecule has 31 heavy (non-hydrogen) atoms. The highest BCUT2D eigenvalue weighted by molar-refractivity contribution is 14.0. The lowest BCUT2D eigenvalue weighted by Gasteiger charge is -2.50. The number of piperidine rings is 2. The lowest BCUT2D eigenvalue weighted by Crippen LogP contribution is -2.63. The lowest BCUT2D eigenvalue weighted by atomic mass is 9.84. The standard InChI is InChI=1S/C22H39N7O.HI/c1-23-21(28-15-13-27(14-16-28)18-20-6-17-30-25-20)24-19-22(7-11-26(2)12-8-22)29-9-4-3-5-10-29;/h6,17H,3-5,7-16,18-19H2,1-2H3,(H,23,24);1H. The molecule has 0 bridgehead atoms. The van der Waals surface area contributed by atoms with Crippen LogP contribution in [-0.2, 0) is 6.54 Å². The zero-order valence-corrected chi connectivity index (χ0v) is 21.6. The Morgan fingerprint density at radius 3 is 2.39 bits per heavy atom. The van der Waals surface area contributed by atoms with Crippen molar-refractivity contribution in [3.05, 3.63) is 18.0 Å². The third-order valence-electron chi connectivity index (χ3n) is 7.28. The Hall–Kier alpha value is -0.910. The molecule has 1 N–H and O–H groups in total. The number of nitrogens with one attached hydrogen (secondary N) is 1. The topological polar surface area (TPSA) is 63.4 Å². The van der Waals surface area contributed by atoms with Crippen molar-refractivity contribution >= 4 is 29.9 Å². The molecule has 0 aromatic carbocycles. The van der Waals surface area contributed by atoms with E-state index in [0.29, 0.717) is 0 Å². The van der Waals surface area contributed by atoms with Crippen LogP contribution < -0.4 is 5.32 Å². The zero-order chi connectivity index (χ0) is 20.8.